The number of fused-ring (bicyclic) bond motifs is 2. The molecule has 8 heteroatoms. The molecule has 4 aromatic rings. The van der Waals surface area contributed by atoms with E-state index < -0.39 is 0 Å². The summed E-state index contributed by atoms with van der Waals surface area (Å²) in [4.78, 5) is 23.1. The molecular formula is C25H22FN7. The molecule has 0 radical (unpaired) electrons. The number of aromatic amines is 1. The number of anilines is 2. The number of nitrogens with one attached hydrogen (secondary N) is 2. The number of halogens is 1. The smallest absolute Gasteiger partial charge is 0.182 e. The first-order valence-electron chi connectivity index (χ1n) is 11.1. The van der Waals surface area contributed by atoms with Crippen LogP contribution in [-0.4, -0.2) is 31.8 Å². The number of aliphatic imine (C=N–C) groups is 1. The standard InChI is InChI=1S/C25H22FN7/c1-2-18(31-24-21-23(28-13-27-21)29-14-30-24)25-32-19-10-6-9-17(26)20(19)22(15-11-12-15)33(25)16-7-4-3-5-8-16/h3-10,13-14,18H,2,11-12H2,1H3,(H2,27,28,29,30,31). The summed E-state index contributed by atoms with van der Waals surface area (Å²) in [7, 11) is 0. The van der Waals surface area contributed by atoms with Crippen LogP contribution >= 0.6 is 0 Å². The van der Waals surface area contributed by atoms with Crippen LogP contribution in [0.4, 0.5) is 21.6 Å². The van der Waals surface area contributed by atoms with Gasteiger partial charge in [-0.2, -0.15) is 0 Å². The van der Waals surface area contributed by atoms with Gasteiger partial charge in [-0.1, -0.05) is 31.2 Å². The van der Waals surface area contributed by atoms with Crippen molar-refractivity contribution < 1.29 is 4.39 Å². The average molecular weight is 439 g/mol. The summed E-state index contributed by atoms with van der Waals surface area (Å²) in [6, 6.07) is 15.0. The molecule has 2 N–H and O–H groups in total. The highest BCUT2D eigenvalue weighted by molar-refractivity contribution is 6.17. The molecule has 0 amide bonds. The number of imidazole rings is 1. The lowest BCUT2D eigenvalue weighted by molar-refractivity contribution is 0.623. The Morgan fingerprint density at radius 3 is 2.70 bits per heavy atom. The van der Waals surface area contributed by atoms with E-state index in [0.29, 0.717) is 22.7 Å². The Bertz CT molecular complexity index is 1400. The third-order valence-electron chi connectivity index (χ3n) is 6.02. The summed E-state index contributed by atoms with van der Waals surface area (Å²) >= 11 is 0. The van der Waals surface area contributed by atoms with Crippen LogP contribution in [0, 0.1) is 5.82 Å². The van der Waals surface area contributed by atoms with Crippen molar-refractivity contribution in [1.82, 2.24) is 19.9 Å². The van der Waals surface area contributed by atoms with E-state index in [0.717, 1.165) is 42.0 Å². The zero-order chi connectivity index (χ0) is 22.4. The number of nitrogens with zero attached hydrogens (tertiary/aromatic N) is 5. The van der Waals surface area contributed by atoms with Gasteiger partial charge in [-0.25, -0.2) is 24.3 Å². The van der Waals surface area contributed by atoms with Gasteiger partial charge >= 0.3 is 0 Å². The second-order valence-electron chi connectivity index (χ2n) is 8.16. The Balaban J connectivity index is 1.53. The van der Waals surface area contributed by atoms with Crippen LogP contribution < -0.4 is 10.2 Å². The second-order valence-corrected chi connectivity index (χ2v) is 8.16. The van der Waals surface area contributed by atoms with Crippen molar-refractivity contribution >= 4 is 39.9 Å². The van der Waals surface area contributed by atoms with Crippen LogP contribution in [0.3, 0.4) is 0 Å². The number of hydrogen-bond acceptors (Lipinski definition) is 6. The van der Waals surface area contributed by atoms with Crippen molar-refractivity contribution in [3.05, 3.63) is 78.1 Å². The zero-order valence-electron chi connectivity index (χ0n) is 18.1. The van der Waals surface area contributed by atoms with E-state index in [2.05, 4.69) is 37.1 Å². The number of benzene rings is 2. The van der Waals surface area contributed by atoms with Gasteiger partial charge in [-0.3, -0.25) is 4.90 Å². The Kier molecular flexibility index (Phi) is 4.64. The van der Waals surface area contributed by atoms with Gasteiger partial charge in [0.1, 0.15) is 23.5 Å². The number of allylic oxidation sites excluding steroid dienone is 1. The minimum atomic E-state index is -0.249. The summed E-state index contributed by atoms with van der Waals surface area (Å²) in [5.41, 5.74) is 5.67. The van der Waals surface area contributed by atoms with Crippen LogP contribution in [0.1, 0.15) is 31.7 Å². The summed E-state index contributed by atoms with van der Waals surface area (Å²) in [5.74, 6) is 1.22. The third kappa shape index (κ3) is 3.34. The number of rotatable bonds is 5. The molecule has 164 valence electrons. The molecular weight excluding hydrogens is 417 g/mol. The van der Waals surface area contributed by atoms with Crippen molar-refractivity contribution in [2.75, 3.05) is 10.2 Å². The summed E-state index contributed by atoms with van der Waals surface area (Å²) in [6.45, 7) is 2.10. The molecule has 33 heavy (non-hydrogen) atoms. The van der Waals surface area contributed by atoms with E-state index in [4.69, 9.17) is 4.99 Å². The molecule has 2 aliphatic rings. The molecule has 1 saturated carbocycles. The van der Waals surface area contributed by atoms with E-state index in [-0.39, 0.29) is 11.9 Å². The molecule has 0 bridgehead atoms. The van der Waals surface area contributed by atoms with Crippen molar-refractivity contribution in [2.24, 2.45) is 4.99 Å². The highest BCUT2D eigenvalue weighted by Crippen LogP contribution is 2.47. The zero-order valence-corrected chi connectivity index (χ0v) is 18.1. The maximum absolute atomic E-state index is 15.1. The topological polar surface area (TPSA) is 82.1 Å². The van der Waals surface area contributed by atoms with E-state index in [1.807, 2.05) is 36.4 Å². The fourth-order valence-electron chi connectivity index (χ4n) is 4.34. The Morgan fingerprint density at radius 2 is 1.91 bits per heavy atom. The van der Waals surface area contributed by atoms with Crippen molar-refractivity contribution in [3.63, 3.8) is 0 Å². The lowest BCUT2D eigenvalue weighted by Crippen LogP contribution is -2.44. The van der Waals surface area contributed by atoms with Gasteiger partial charge in [0.15, 0.2) is 11.5 Å². The SMILES string of the molecule is CCC(Nc1ncnc2nc[nH]c12)C1=Nc2cccc(F)c2C(=C2CC2)N1c1ccccc1. The molecule has 2 aromatic carbocycles. The van der Waals surface area contributed by atoms with Crippen LogP contribution in [0.15, 0.2) is 71.8 Å². The van der Waals surface area contributed by atoms with Crippen molar-refractivity contribution in [1.29, 1.82) is 0 Å². The molecule has 0 spiro atoms. The average Bonchev–Trinajstić information content (AvgIpc) is 3.58. The molecule has 1 fully saturated rings. The molecule has 6 rings (SSSR count). The summed E-state index contributed by atoms with van der Waals surface area (Å²) < 4.78 is 15.1. The molecule has 7 nitrogen and oxygen atoms in total. The first kappa shape index (κ1) is 19.6. The Hall–Kier alpha value is -4.07. The molecule has 1 aliphatic heterocycles. The minimum Gasteiger partial charge on any atom is -0.358 e. The molecule has 3 heterocycles. The second kappa shape index (κ2) is 7.81. The van der Waals surface area contributed by atoms with Crippen LogP contribution in [-0.2, 0) is 0 Å². The molecule has 0 saturated heterocycles. The number of H-pyrrole nitrogens is 1. The van der Waals surface area contributed by atoms with E-state index >= 15 is 4.39 Å². The molecule has 1 aliphatic carbocycles. The first-order chi connectivity index (χ1) is 16.2. The highest BCUT2D eigenvalue weighted by Gasteiger charge is 2.36. The summed E-state index contributed by atoms with van der Waals surface area (Å²) in [5, 5.41) is 3.54. The van der Waals surface area contributed by atoms with Gasteiger partial charge in [0.05, 0.1) is 29.3 Å². The third-order valence-corrected chi connectivity index (χ3v) is 6.02. The lowest BCUT2D eigenvalue weighted by Gasteiger charge is -2.37. The number of aromatic nitrogens is 4. The van der Waals surface area contributed by atoms with Crippen LogP contribution in [0.25, 0.3) is 16.9 Å². The number of para-hydroxylation sites is 1. The molecule has 1 unspecified atom stereocenters. The van der Waals surface area contributed by atoms with Gasteiger partial charge < -0.3 is 10.3 Å². The Labute approximate surface area is 190 Å². The van der Waals surface area contributed by atoms with Crippen molar-refractivity contribution in [2.45, 2.75) is 32.2 Å². The van der Waals surface area contributed by atoms with Gasteiger partial charge in [0, 0.05) is 5.69 Å². The summed E-state index contributed by atoms with van der Waals surface area (Å²) in [6.07, 6.45) is 5.77. The lowest BCUT2D eigenvalue weighted by atomic mass is 10.0. The molecule has 1 atom stereocenters. The van der Waals surface area contributed by atoms with Gasteiger partial charge in [0.2, 0.25) is 0 Å². The van der Waals surface area contributed by atoms with Gasteiger partial charge in [0.25, 0.3) is 0 Å². The quantitative estimate of drug-likeness (QED) is 0.433. The van der Waals surface area contributed by atoms with E-state index in [1.54, 1.807) is 12.4 Å². The fourth-order valence-corrected chi connectivity index (χ4v) is 4.34. The fraction of sp³-hybridized carbons (Fsp3) is 0.200. The first-order valence-corrected chi connectivity index (χ1v) is 11.1. The van der Waals surface area contributed by atoms with Crippen LogP contribution in [0.2, 0.25) is 0 Å². The normalized spacial score (nSPS) is 15.9. The van der Waals surface area contributed by atoms with Gasteiger partial charge in [-0.05, 0) is 49.1 Å². The molecule has 2 aromatic heterocycles. The van der Waals surface area contributed by atoms with Gasteiger partial charge in [-0.15, -0.1) is 0 Å². The van der Waals surface area contributed by atoms with E-state index in [9.17, 15) is 0 Å². The maximum atomic E-state index is 15.1. The monoisotopic (exact) mass is 439 g/mol. The van der Waals surface area contributed by atoms with Crippen LogP contribution in [0.5, 0.6) is 0 Å². The van der Waals surface area contributed by atoms with Crippen molar-refractivity contribution in [3.8, 4) is 0 Å². The largest absolute Gasteiger partial charge is 0.358 e. The number of amidine groups is 1. The predicted octanol–water partition coefficient (Wildman–Crippen LogP) is 5.44. The predicted molar refractivity (Wildman–Crippen MR) is 128 cm³/mol. The Morgan fingerprint density at radius 1 is 1.06 bits per heavy atom. The minimum absolute atomic E-state index is 0.183. The number of hydrogen-bond donors (Lipinski definition) is 2. The maximum Gasteiger partial charge on any atom is 0.182 e. The van der Waals surface area contributed by atoms with E-state index in [1.165, 1.54) is 18.0 Å². The highest BCUT2D eigenvalue weighted by atomic mass is 19.1.